The Bertz CT molecular complexity index is 1230. The van der Waals surface area contributed by atoms with E-state index in [0.717, 1.165) is 5.70 Å². The second-order valence-electron chi connectivity index (χ2n) is 8.66. The lowest BCUT2D eigenvalue weighted by Crippen LogP contribution is -2.36. The van der Waals surface area contributed by atoms with Crippen molar-refractivity contribution in [2.45, 2.75) is 39.5 Å². The quantitative estimate of drug-likeness (QED) is 0.491. The molecule has 2 heterocycles. The summed E-state index contributed by atoms with van der Waals surface area (Å²) in [5.41, 5.74) is 2.33. The normalized spacial score (nSPS) is 20.2. The molecule has 0 fully saturated rings. The molecule has 0 saturated heterocycles. The van der Waals surface area contributed by atoms with Gasteiger partial charge in [-0.05, 0) is 43.0 Å². The maximum absolute atomic E-state index is 13.1. The molecule has 1 aliphatic heterocycles. The molecule has 1 N–H and O–H groups in total. The number of carbonyl (C=O) groups is 1. The van der Waals surface area contributed by atoms with Crippen LogP contribution < -0.4 is 5.32 Å². The largest absolute Gasteiger partial charge is 0.460 e. The fourth-order valence-corrected chi connectivity index (χ4v) is 4.55. The van der Waals surface area contributed by atoms with Crippen LogP contribution in [0.3, 0.4) is 0 Å². The summed E-state index contributed by atoms with van der Waals surface area (Å²) in [5.74, 6) is -0.000774. The second-order valence-corrected chi connectivity index (χ2v) is 9.10. The Labute approximate surface area is 184 Å². The van der Waals surface area contributed by atoms with Crippen molar-refractivity contribution in [1.82, 2.24) is 5.32 Å². The summed E-state index contributed by atoms with van der Waals surface area (Å²) in [6, 6.07) is 9.84. The number of benzene rings is 1. The zero-order valence-electron chi connectivity index (χ0n) is 17.3. The van der Waals surface area contributed by atoms with Gasteiger partial charge in [0.05, 0.1) is 28.0 Å². The summed E-state index contributed by atoms with van der Waals surface area (Å²) in [7, 11) is 0. The molecule has 4 rings (SSSR count). The molecule has 0 unspecified atom stereocenters. The first-order valence-corrected chi connectivity index (χ1v) is 10.2. The van der Waals surface area contributed by atoms with Gasteiger partial charge in [0.1, 0.15) is 11.5 Å². The molecular formula is C23H20ClN3O4. The molecule has 0 radical (unpaired) electrons. The number of allylic oxidation sites excluding steroid dienone is 4. The first kappa shape index (κ1) is 20.9. The lowest BCUT2D eigenvalue weighted by atomic mass is 9.70. The highest BCUT2D eigenvalue weighted by Gasteiger charge is 2.42. The zero-order valence-corrected chi connectivity index (χ0v) is 18.0. The van der Waals surface area contributed by atoms with Crippen molar-refractivity contribution < 1.29 is 14.1 Å². The summed E-state index contributed by atoms with van der Waals surface area (Å²) >= 11 is 5.92. The van der Waals surface area contributed by atoms with Gasteiger partial charge in [0.25, 0.3) is 5.69 Å². The summed E-state index contributed by atoms with van der Waals surface area (Å²) in [4.78, 5) is 24.0. The first-order chi connectivity index (χ1) is 14.6. The lowest BCUT2D eigenvalue weighted by Gasteiger charge is -2.38. The SMILES string of the molecule is CC1=C(C#N)[C@H](c2ccc(-c3ccc(Cl)cc3[N+](=O)[O-])o2)C2=C(CC(C)(C)CC2=O)N1. The second kappa shape index (κ2) is 7.40. The number of dihydropyridines is 1. The zero-order chi connectivity index (χ0) is 22.5. The molecule has 2 aromatic rings. The van der Waals surface area contributed by atoms with Gasteiger partial charge >= 0.3 is 0 Å². The Balaban J connectivity index is 1.84. The number of rotatable bonds is 3. The van der Waals surface area contributed by atoms with Crippen molar-refractivity contribution in [2.24, 2.45) is 5.41 Å². The van der Waals surface area contributed by atoms with Crippen LogP contribution in [0, 0.1) is 26.9 Å². The molecule has 2 aliphatic rings. The van der Waals surface area contributed by atoms with E-state index in [0.29, 0.717) is 35.4 Å². The number of halogens is 1. The van der Waals surface area contributed by atoms with Gasteiger partial charge in [0.15, 0.2) is 5.78 Å². The summed E-state index contributed by atoms with van der Waals surface area (Å²) < 4.78 is 6.02. The standard InChI is InChI=1S/C23H20ClN3O4/c1-12-15(11-25)21(22-16(26-12)9-23(2,3)10-18(22)28)20-7-6-19(31-20)14-5-4-13(24)8-17(14)27(29)30/h4-8,21,26H,9-10H2,1-3H3/t21-/m1/s1. The van der Waals surface area contributed by atoms with E-state index in [4.69, 9.17) is 16.0 Å². The summed E-state index contributed by atoms with van der Waals surface area (Å²) in [6.45, 7) is 5.87. The van der Waals surface area contributed by atoms with Crippen LogP contribution in [0.4, 0.5) is 5.69 Å². The number of nitrogens with zero attached hydrogens (tertiary/aromatic N) is 2. The molecule has 0 amide bonds. The van der Waals surface area contributed by atoms with Crippen LogP contribution in [-0.4, -0.2) is 10.7 Å². The highest BCUT2D eigenvalue weighted by atomic mass is 35.5. The first-order valence-electron chi connectivity index (χ1n) is 9.79. The van der Waals surface area contributed by atoms with Gasteiger partial charge < -0.3 is 9.73 Å². The van der Waals surface area contributed by atoms with Crippen molar-refractivity contribution in [1.29, 1.82) is 5.26 Å². The third-order valence-electron chi connectivity index (χ3n) is 5.69. The van der Waals surface area contributed by atoms with Gasteiger partial charge in [-0.3, -0.25) is 14.9 Å². The molecule has 7 nitrogen and oxygen atoms in total. The van der Waals surface area contributed by atoms with E-state index in [2.05, 4.69) is 11.4 Å². The Morgan fingerprint density at radius 1 is 1.29 bits per heavy atom. The van der Waals surface area contributed by atoms with Crippen LogP contribution >= 0.6 is 11.6 Å². The fraction of sp³-hybridized carbons (Fsp3) is 0.304. The third-order valence-corrected chi connectivity index (χ3v) is 5.93. The van der Waals surface area contributed by atoms with Crippen molar-refractivity contribution in [3.8, 4) is 17.4 Å². The molecule has 1 aromatic carbocycles. The van der Waals surface area contributed by atoms with E-state index >= 15 is 0 Å². The minimum Gasteiger partial charge on any atom is -0.460 e. The van der Waals surface area contributed by atoms with Crippen LogP contribution in [-0.2, 0) is 4.79 Å². The van der Waals surface area contributed by atoms with Crippen LogP contribution in [0.5, 0.6) is 0 Å². The molecular weight excluding hydrogens is 418 g/mol. The van der Waals surface area contributed by atoms with Gasteiger partial charge in [-0.25, -0.2) is 0 Å². The number of nitro benzene ring substituents is 1. The van der Waals surface area contributed by atoms with Crippen LogP contribution in [0.1, 0.15) is 45.3 Å². The van der Waals surface area contributed by atoms with Gasteiger partial charge in [-0.2, -0.15) is 5.26 Å². The molecule has 0 saturated carbocycles. The molecule has 31 heavy (non-hydrogen) atoms. The Kier molecular flexibility index (Phi) is 4.98. The number of hydrogen-bond acceptors (Lipinski definition) is 6. The average Bonchev–Trinajstić information content (AvgIpc) is 3.15. The average molecular weight is 438 g/mol. The van der Waals surface area contributed by atoms with Gasteiger partial charge in [0.2, 0.25) is 0 Å². The molecule has 0 bridgehead atoms. The molecule has 8 heteroatoms. The van der Waals surface area contributed by atoms with Crippen molar-refractivity contribution in [2.75, 3.05) is 0 Å². The minimum absolute atomic E-state index is 0.0283. The van der Waals surface area contributed by atoms with Crippen molar-refractivity contribution in [3.05, 3.63) is 73.8 Å². The van der Waals surface area contributed by atoms with E-state index in [1.165, 1.54) is 12.1 Å². The number of carbonyl (C=O) groups excluding carboxylic acids is 1. The minimum atomic E-state index is -0.648. The number of furan rings is 1. The smallest absolute Gasteiger partial charge is 0.281 e. The van der Waals surface area contributed by atoms with E-state index in [9.17, 15) is 20.2 Å². The van der Waals surface area contributed by atoms with Crippen LogP contribution in [0.15, 0.2) is 57.3 Å². The van der Waals surface area contributed by atoms with E-state index in [-0.39, 0.29) is 33.2 Å². The van der Waals surface area contributed by atoms with E-state index in [1.807, 2.05) is 13.8 Å². The van der Waals surface area contributed by atoms with Gasteiger partial charge in [-0.15, -0.1) is 0 Å². The van der Waals surface area contributed by atoms with Crippen LogP contribution in [0.2, 0.25) is 5.02 Å². The van der Waals surface area contributed by atoms with Gasteiger partial charge in [-0.1, -0.05) is 25.4 Å². The topological polar surface area (TPSA) is 109 Å². The number of nitriles is 1. The maximum Gasteiger partial charge on any atom is 0.281 e. The van der Waals surface area contributed by atoms with Gasteiger partial charge in [0, 0.05) is 34.5 Å². The Morgan fingerprint density at radius 3 is 2.71 bits per heavy atom. The highest BCUT2D eigenvalue weighted by Crippen LogP contribution is 2.47. The fourth-order valence-electron chi connectivity index (χ4n) is 4.39. The number of nitrogens with one attached hydrogen (secondary N) is 1. The number of nitro groups is 1. The Hall–Kier alpha value is -3.37. The molecule has 1 aromatic heterocycles. The van der Waals surface area contributed by atoms with E-state index < -0.39 is 10.8 Å². The maximum atomic E-state index is 13.1. The highest BCUT2D eigenvalue weighted by molar-refractivity contribution is 6.30. The number of Topliss-reactive ketones (excluding diaryl/α,β-unsaturated/α-hetero) is 1. The predicted octanol–water partition coefficient (Wildman–Crippen LogP) is 5.64. The Morgan fingerprint density at radius 2 is 2.03 bits per heavy atom. The third kappa shape index (κ3) is 3.64. The molecule has 0 spiro atoms. The number of ketones is 1. The molecule has 158 valence electrons. The monoisotopic (exact) mass is 437 g/mol. The summed E-state index contributed by atoms with van der Waals surface area (Å²) in [6.07, 6.45) is 1.05. The summed E-state index contributed by atoms with van der Waals surface area (Å²) in [5, 5.41) is 24.8. The predicted molar refractivity (Wildman–Crippen MR) is 115 cm³/mol. The van der Waals surface area contributed by atoms with E-state index in [1.54, 1.807) is 25.1 Å². The lowest BCUT2D eigenvalue weighted by molar-refractivity contribution is -0.384. The van der Waals surface area contributed by atoms with Crippen molar-refractivity contribution in [3.63, 3.8) is 0 Å². The molecule has 1 aliphatic carbocycles. The van der Waals surface area contributed by atoms with Crippen molar-refractivity contribution >= 4 is 23.1 Å². The molecule has 1 atom stereocenters. The number of hydrogen-bond donors (Lipinski definition) is 1. The van der Waals surface area contributed by atoms with Crippen LogP contribution in [0.25, 0.3) is 11.3 Å².